The molecule has 0 heterocycles. The molecule has 0 radical (unpaired) electrons. The molecule has 0 saturated carbocycles. The van der Waals surface area contributed by atoms with E-state index in [2.05, 4.69) is 4.72 Å². The molecular weight excluding hydrogens is 242 g/mol. The highest BCUT2D eigenvalue weighted by atomic mass is 32.2. The Kier molecular flexibility index (Phi) is 4.08. The van der Waals surface area contributed by atoms with Crippen LogP contribution in [0, 0.1) is 0 Å². The normalized spacial score (nSPS) is 13.2. The second-order valence-corrected chi connectivity index (χ2v) is 5.48. The summed E-state index contributed by atoms with van der Waals surface area (Å²) in [7, 11) is -3.64. The van der Waals surface area contributed by atoms with E-state index in [4.69, 9.17) is 11.5 Å². The number of carbonyl (C=O) groups excluding carboxylic acids is 1. The molecule has 1 unspecified atom stereocenters. The summed E-state index contributed by atoms with van der Waals surface area (Å²) in [5, 5.41) is 0. The van der Waals surface area contributed by atoms with Crippen LogP contribution in [0.25, 0.3) is 0 Å². The number of anilines is 1. The predicted octanol–water partition coefficient (Wildman–Crippen LogP) is -0.189. The average Bonchev–Trinajstić information content (AvgIpc) is 2.15. The maximum Gasteiger partial charge on any atom is 0.240 e. The Bertz CT molecular complexity index is 496. The molecule has 0 spiro atoms. The number of carbonyl (C=O) groups is 1. The van der Waals surface area contributed by atoms with Crippen LogP contribution in [0.2, 0.25) is 0 Å². The van der Waals surface area contributed by atoms with Crippen molar-refractivity contribution in [2.45, 2.75) is 24.3 Å². The van der Waals surface area contributed by atoms with Gasteiger partial charge in [0.15, 0.2) is 0 Å². The van der Waals surface area contributed by atoms with Crippen LogP contribution in [0.5, 0.6) is 0 Å². The maximum atomic E-state index is 11.8. The van der Waals surface area contributed by atoms with Gasteiger partial charge >= 0.3 is 0 Å². The maximum absolute atomic E-state index is 11.8. The first-order valence-corrected chi connectivity index (χ1v) is 6.46. The van der Waals surface area contributed by atoms with Crippen molar-refractivity contribution in [3.8, 4) is 0 Å². The molecule has 5 N–H and O–H groups in total. The van der Waals surface area contributed by atoms with Crippen molar-refractivity contribution < 1.29 is 13.2 Å². The number of nitrogens with two attached hydrogens (primary N) is 2. The topological polar surface area (TPSA) is 115 Å². The number of sulfonamides is 1. The van der Waals surface area contributed by atoms with Gasteiger partial charge in [-0.3, -0.25) is 4.79 Å². The molecule has 1 aromatic rings. The third-order valence-corrected chi connectivity index (χ3v) is 3.66. The van der Waals surface area contributed by atoms with E-state index in [1.165, 1.54) is 24.3 Å². The van der Waals surface area contributed by atoms with Gasteiger partial charge in [-0.05, 0) is 31.2 Å². The third kappa shape index (κ3) is 4.04. The summed E-state index contributed by atoms with van der Waals surface area (Å²) in [6.45, 7) is 1.57. The fourth-order valence-electron chi connectivity index (χ4n) is 1.32. The SMILES string of the molecule is CC(CC(N)=O)NS(=O)(=O)c1ccc(N)cc1. The lowest BCUT2D eigenvalue weighted by Crippen LogP contribution is -2.35. The van der Waals surface area contributed by atoms with Crippen LogP contribution in [-0.4, -0.2) is 20.4 Å². The molecule has 0 bridgehead atoms. The average molecular weight is 257 g/mol. The van der Waals surface area contributed by atoms with E-state index in [1.807, 2.05) is 0 Å². The molecule has 7 heteroatoms. The summed E-state index contributed by atoms with van der Waals surface area (Å²) in [4.78, 5) is 10.7. The monoisotopic (exact) mass is 257 g/mol. The van der Waals surface area contributed by atoms with Gasteiger partial charge in [0.2, 0.25) is 15.9 Å². The van der Waals surface area contributed by atoms with E-state index in [0.717, 1.165) is 0 Å². The second kappa shape index (κ2) is 5.15. The Hall–Kier alpha value is -1.60. The Morgan fingerprint density at radius 2 is 1.88 bits per heavy atom. The van der Waals surface area contributed by atoms with Crippen LogP contribution < -0.4 is 16.2 Å². The minimum absolute atomic E-state index is 0.0474. The lowest BCUT2D eigenvalue weighted by Gasteiger charge is -2.12. The number of hydrogen-bond donors (Lipinski definition) is 3. The Balaban J connectivity index is 2.82. The summed E-state index contributed by atoms with van der Waals surface area (Å²) in [5.74, 6) is -0.558. The lowest BCUT2D eigenvalue weighted by atomic mass is 10.2. The second-order valence-electron chi connectivity index (χ2n) is 3.76. The van der Waals surface area contributed by atoms with Crippen molar-refractivity contribution in [2.75, 3.05) is 5.73 Å². The zero-order valence-corrected chi connectivity index (χ0v) is 10.2. The van der Waals surface area contributed by atoms with E-state index in [-0.39, 0.29) is 11.3 Å². The zero-order valence-electron chi connectivity index (χ0n) is 9.38. The number of amides is 1. The molecule has 0 aliphatic rings. The van der Waals surface area contributed by atoms with E-state index in [9.17, 15) is 13.2 Å². The zero-order chi connectivity index (χ0) is 13.1. The smallest absolute Gasteiger partial charge is 0.240 e. The molecule has 1 rings (SSSR count). The molecule has 1 aromatic carbocycles. The van der Waals surface area contributed by atoms with Crippen molar-refractivity contribution in [3.63, 3.8) is 0 Å². The van der Waals surface area contributed by atoms with Crippen LogP contribution in [0.15, 0.2) is 29.2 Å². The van der Waals surface area contributed by atoms with Gasteiger partial charge < -0.3 is 11.5 Å². The standard InChI is InChI=1S/C10H15N3O3S/c1-7(6-10(12)14)13-17(15,16)9-4-2-8(11)3-5-9/h2-5,7,13H,6,11H2,1H3,(H2,12,14). The van der Waals surface area contributed by atoms with E-state index in [1.54, 1.807) is 6.92 Å². The fourth-order valence-corrected chi connectivity index (χ4v) is 2.57. The highest BCUT2D eigenvalue weighted by Gasteiger charge is 2.18. The Morgan fingerprint density at radius 3 is 2.35 bits per heavy atom. The quantitative estimate of drug-likeness (QED) is 0.634. The fraction of sp³-hybridized carbons (Fsp3) is 0.300. The van der Waals surface area contributed by atoms with Crippen molar-refractivity contribution >= 4 is 21.6 Å². The van der Waals surface area contributed by atoms with Gasteiger partial charge in [0, 0.05) is 18.2 Å². The van der Waals surface area contributed by atoms with Crippen molar-refractivity contribution in [1.82, 2.24) is 4.72 Å². The first-order valence-electron chi connectivity index (χ1n) is 4.97. The van der Waals surface area contributed by atoms with Crippen molar-refractivity contribution in [3.05, 3.63) is 24.3 Å². The highest BCUT2D eigenvalue weighted by Crippen LogP contribution is 2.12. The van der Waals surface area contributed by atoms with Gasteiger partial charge in [-0.1, -0.05) is 0 Å². The van der Waals surface area contributed by atoms with Gasteiger partial charge in [0.1, 0.15) is 0 Å². The summed E-state index contributed by atoms with van der Waals surface area (Å²) >= 11 is 0. The largest absolute Gasteiger partial charge is 0.399 e. The predicted molar refractivity (Wildman–Crippen MR) is 64.4 cm³/mol. The molecule has 17 heavy (non-hydrogen) atoms. The number of nitrogen functional groups attached to an aromatic ring is 1. The number of nitrogens with one attached hydrogen (secondary N) is 1. The van der Waals surface area contributed by atoms with Gasteiger partial charge in [-0.2, -0.15) is 0 Å². The Labute approximate surface area is 100 Å². The van der Waals surface area contributed by atoms with Crippen LogP contribution >= 0.6 is 0 Å². The summed E-state index contributed by atoms with van der Waals surface area (Å²) in [6, 6.07) is 5.24. The third-order valence-electron chi connectivity index (χ3n) is 2.05. The number of hydrogen-bond acceptors (Lipinski definition) is 4. The van der Waals surface area contributed by atoms with Gasteiger partial charge in [0.25, 0.3) is 0 Å². The van der Waals surface area contributed by atoms with Crippen LogP contribution in [0.1, 0.15) is 13.3 Å². The van der Waals surface area contributed by atoms with Gasteiger partial charge in [-0.15, -0.1) is 0 Å². The number of benzene rings is 1. The highest BCUT2D eigenvalue weighted by molar-refractivity contribution is 7.89. The molecule has 0 fully saturated rings. The van der Waals surface area contributed by atoms with E-state index < -0.39 is 22.0 Å². The molecule has 94 valence electrons. The molecule has 6 nitrogen and oxygen atoms in total. The summed E-state index contributed by atoms with van der Waals surface area (Å²) < 4.78 is 26.0. The Morgan fingerprint density at radius 1 is 1.35 bits per heavy atom. The van der Waals surface area contributed by atoms with Crippen LogP contribution in [0.4, 0.5) is 5.69 Å². The molecule has 1 atom stereocenters. The van der Waals surface area contributed by atoms with Gasteiger partial charge in [0.05, 0.1) is 4.90 Å². The molecule has 0 saturated heterocycles. The molecule has 0 aliphatic heterocycles. The first-order chi connectivity index (χ1) is 7.81. The first kappa shape index (κ1) is 13.5. The van der Waals surface area contributed by atoms with E-state index >= 15 is 0 Å². The van der Waals surface area contributed by atoms with Crippen LogP contribution in [-0.2, 0) is 14.8 Å². The molecular formula is C10H15N3O3S. The van der Waals surface area contributed by atoms with Gasteiger partial charge in [-0.25, -0.2) is 13.1 Å². The number of rotatable bonds is 5. The van der Waals surface area contributed by atoms with Crippen LogP contribution in [0.3, 0.4) is 0 Å². The van der Waals surface area contributed by atoms with E-state index in [0.29, 0.717) is 5.69 Å². The minimum Gasteiger partial charge on any atom is -0.399 e. The number of primary amides is 1. The molecule has 0 aliphatic carbocycles. The lowest BCUT2D eigenvalue weighted by molar-refractivity contribution is -0.118. The van der Waals surface area contributed by atoms with Crippen molar-refractivity contribution in [2.24, 2.45) is 5.73 Å². The van der Waals surface area contributed by atoms with Crippen molar-refractivity contribution in [1.29, 1.82) is 0 Å². The molecule has 0 aromatic heterocycles. The minimum atomic E-state index is -3.64. The summed E-state index contributed by atoms with van der Waals surface area (Å²) in [5.41, 5.74) is 10.9. The molecule has 1 amide bonds. The summed E-state index contributed by atoms with van der Waals surface area (Å²) in [6.07, 6.45) is -0.0474.